The first-order valence-corrected chi connectivity index (χ1v) is 10.2. The third-order valence-electron chi connectivity index (χ3n) is 4.87. The van der Waals surface area contributed by atoms with E-state index >= 15 is 0 Å². The number of ether oxygens (including phenoxy) is 1. The lowest BCUT2D eigenvalue weighted by atomic mass is 10.2. The van der Waals surface area contributed by atoms with Crippen molar-refractivity contribution in [1.29, 1.82) is 0 Å². The Labute approximate surface area is 175 Å². The summed E-state index contributed by atoms with van der Waals surface area (Å²) < 4.78 is 33.6. The summed E-state index contributed by atoms with van der Waals surface area (Å²) in [5, 5.41) is 16.4. The van der Waals surface area contributed by atoms with Crippen molar-refractivity contribution < 1.29 is 18.6 Å². The van der Waals surface area contributed by atoms with E-state index in [4.69, 9.17) is 4.74 Å². The molecular formula is C22H28F2N4O2. The number of nitrogens with one attached hydrogen (secondary N) is 2. The van der Waals surface area contributed by atoms with Gasteiger partial charge in [-0.3, -0.25) is 0 Å². The molecule has 0 aromatic heterocycles. The maximum Gasteiger partial charge on any atom is 0.191 e. The molecule has 1 aliphatic heterocycles. The average Bonchev–Trinajstić information content (AvgIpc) is 3.16. The van der Waals surface area contributed by atoms with Crippen molar-refractivity contribution in [1.82, 2.24) is 10.6 Å². The van der Waals surface area contributed by atoms with Crippen LogP contribution in [-0.2, 0) is 6.54 Å². The molecule has 0 bridgehead atoms. The van der Waals surface area contributed by atoms with E-state index in [1.54, 1.807) is 23.1 Å². The predicted molar refractivity (Wildman–Crippen MR) is 114 cm³/mol. The molecule has 3 rings (SSSR count). The Balaban J connectivity index is 1.65. The highest BCUT2D eigenvalue weighted by Crippen LogP contribution is 2.28. The number of para-hydroxylation sites is 1. The summed E-state index contributed by atoms with van der Waals surface area (Å²) in [6, 6.07) is 9.09. The molecule has 1 aliphatic rings. The van der Waals surface area contributed by atoms with Crippen molar-refractivity contribution in [3.8, 4) is 11.5 Å². The molecule has 0 spiro atoms. The normalized spacial score (nSPS) is 16.6. The molecule has 1 heterocycles. The van der Waals surface area contributed by atoms with Gasteiger partial charge in [0.1, 0.15) is 17.3 Å². The van der Waals surface area contributed by atoms with Crippen LogP contribution in [0.4, 0.5) is 14.5 Å². The molecule has 1 atom stereocenters. The van der Waals surface area contributed by atoms with Gasteiger partial charge in [0.15, 0.2) is 17.5 Å². The van der Waals surface area contributed by atoms with Crippen LogP contribution in [0.2, 0.25) is 0 Å². The summed E-state index contributed by atoms with van der Waals surface area (Å²) in [5.41, 5.74) is 0.922. The van der Waals surface area contributed by atoms with E-state index < -0.39 is 11.6 Å². The Hall–Kier alpha value is -3.03. The summed E-state index contributed by atoms with van der Waals surface area (Å²) in [4.78, 5) is 6.32. The Morgan fingerprint density at radius 3 is 2.70 bits per heavy atom. The first-order chi connectivity index (χ1) is 14.5. The standard InChI is InChI=1S/C22H28F2N4O2/c1-3-25-22(26-13-15-8-9-19(29)20(12-15)30-4-2)27-16-10-11-28(14-16)21-17(23)6-5-7-18(21)24/h5-9,12,16,29H,3-4,10-11,13-14H2,1-2H3,(H2,25,26,27). The van der Waals surface area contributed by atoms with Crippen LogP contribution in [0.25, 0.3) is 0 Å². The van der Waals surface area contributed by atoms with Gasteiger partial charge in [0.05, 0.1) is 13.2 Å². The van der Waals surface area contributed by atoms with Crippen molar-refractivity contribution in [2.24, 2.45) is 4.99 Å². The number of phenols is 1. The Morgan fingerprint density at radius 2 is 2.00 bits per heavy atom. The molecule has 1 saturated heterocycles. The van der Waals surface area contributed by atoms with E-state index in [1.807, 2.05) is 13.8 Å². The number of aromatic hydroxyl groups is 1. The minimum atomic E-state index is -0.548. The summed E-state index contributed by atoms with van der Waals surface area (Å²) in [6.07, 6.45) is 0.742. The number of halogens is 2. The second-order valence-electron chi connectivity index (χ2n) is 7.08. The van der Waals surface area contributed by atoms with Gasteiger partial charge in [0, 0.05) is 25.7 Å². The molecule has 30 heavy (non-hydrogen) atoms. The summed E-state index contributed by atoms with van der Waals surface area (Å²) in [5.74, 6) is 0.0641. The Kier molecular flexibility index (Phi) is 7.32. The molecular weight excluding hydrogens is 390 g/mol. The molecule has 0 amide bonds. The third-order valence-corrected chi connectivity index (χ3v) is 4.87. The van der Waals surface area contributed by atoms with Gasteiger partial charge in [-0.05, 0) is 50.1 Å². The smallest absolute Gasteiger partial charge is 0.191 e. The molecule has 2 aromatic carbocycles. The number of rotatable bonds is 7. The Morgan fingerprint density at radius 1 is 1.23 bits per heavy atom. The van der Waals surface area contributed by atoms with Crippen LogP contribution in [0, 0.1) is 11.6 Å². The topological polar surface area (TPSA) is 69.1 Å². The molecule has 0 saturated carbocycles. The van der Waals surface area contributed by atoms with Gasteiger partial charge in [-0.2, -0.15) is 0 Å². The van der Waals surface area contributed by atoms with Crippen LogP contribution in [-0.4, -0.2) is 43.3 Å². The van der Waals surface area contributed by atoms with E-state index in [1.165, 1.54) is 18.2 Å². The third kappa shape index (κ3) is 5.31. The molecule has 6 nitrogen and oxygen atoms in total. The van der Waals surface area contributed by atoms with E-state index in [9.17, 15) is 13.9 Å². The highest BCUT2D eigenvalue weighted by molar-refractivity contribution is 5.80. The van der Waals surface area contributed by atoms with Crippen molar-refractivity contribution in [2.75, 3.05) is 31.1 Å². The molecule has 162 valence electrons. The summed E-state index contributed by atoms with van der Waals surface area (Å²) in [6.45, 7) is 6.42. The number of hydrogen-bond acceptors (Lipinski definition) is 4. The number of aliphatic imine (C=N–C) groups is 1. The van der Waals surface area contributed by atoms with Crippen LogP contribution in [0.15, 0.2) is 41.4 Å². The van der Waals surface area contributed by atoms with E-state index in [-0.39, 0.29) is 17.5 Å². The van der Waals surface area contributed by atoms with Crippen LogP contribution < -0.4 is 20.3 Å². The molecule has 2 aromatic rings. The maximum absolute atomic E-state index is 14.1. The van der Waals surface area contributed by atoms with Gasteiger partial charge in [0.25, 0.3) is 0 Å². The number of guanidine groups is 1. The Bertz CT molecular complexity index is 871. The van der Waals surface area contributed by atoms with E-state index in [0.29, 0.717) is 44.5 Å². The molecule has 3 N–H and O–H groups in total. The minimum Gasteiger partial charge on any atom is -0.504 e. The largest absolute Gasteiger partial charge is 0.504 e. The van der Waals surface area contributed by atoms with Gasteiger partial charge in [-0.25, -0.2) is 13.8 Å². The summed E-state index contributed by atoms with van der Waals surface area (Å²) in [7, 11) is 0. The zero-order chi connectivity index (χ0) is 21.5. The fraction of sp³-hybridized carbons (Fsp3) is 0.409. The van der Waals surface area contributed by atoms with Gasteiger partial charge in [-0.1, -0.05) is 12.1 Å². The molecule has 1 unspecified atom stereocenters. The van der Waals surface area contributed by atoms with Gasteiger partial charge >= 0.3 is 0 Å². The molecule has 8 heteroatoms. The van der Waals surface area contributed by atoms with Crippen molar-refractivity contribution in [3.05, 3.63) is 53.6 Å². The summed E-state index contributed by atoms with van der Waals surface area (Å²) >= 11 is 0. The first-order valence-electron chi connectivity index (χ1n) is 10.2. The lowest BCUT2D eigenvalue weighted by Crippen LogP contribution is -2.44. The molecule has 0 aliphatic carbocycles. The number of anilines is 1. The first kappa shape index (κ1) is 21.7. The minimum absolute atomic E-state index is 0.0145. The van der Waals surface area contributed by atoms with Crippen molar-refractivity contribution in [3.63, 3.8) is 0 Å². The lowest BCUT2D eigenvalue weighted by Gasteiger charge is -2.21. The number of phenolic OH excluding ortho intramolecular Hbond substituents is 1. The van der Waals surface area contributed by atoms with E-state index in [2.05, 4.69) is 15.6 Å². The SMILES string of the molecule is CCNC(=NCc1ccc(O)c(OCC)c1)NC1CCN(c2c(F)cccc2F)C1. The van der Waals surface area contributed by atoms with Gasteiger partial charge < -0.3 is 25.4 Å². The number of nitrogens with zero attached hydrogens (tertiary/aromatic N) is 2. The average molecular weight is 418 g/mol. The number of hydrogen-bond donors (Lipinski definition) is 3. The quantitative estimate of drug-likeness (QED) is 0.475. The van der Waals surface area contributed by atoms with Crippen molar-refractivity contribution >= 4 is 11.6 Å². The maximum atomic E-state index is 14.1. The zero-order valence-corrected chi connectivity index (χ0v) is 17.3. The van der Waals surface area contributed by atoms with Crippen LogP contribution in [0.3, 0.4) is 0 Å². The van der Waals surface area contributed by atoms with Crippen LogP contribution in [0.5, 0.6) is 11.5 Å². The van der Waals surface area contributed by atoms with Gasteiger partial charge in [0.2, 0.25) is 0 Å². The fourth-order valence-electron chi connectivity index (χ4n) is 3.48. The zero-order valence-electron chi connectivity index (χ0n) is 17.3. The second-order valence-corrected chi connectivity index (χ2v) is 7.08. The fourth-order valence-corrected chi connectivity index (χ4v) is 3.48. The van der Waals surface area contributed by atoms with Crippen LogP contribution in [0.1, 0.15) is 25.8 Å². The highest BCUT2D eigenvalue weighted by atomic mass is 19.1. The van der Waals surface area contributed by atoms with Crippen LogP contribution >= 0.6 is 0 Å². The second kappa shape index (κ2) is 10.1. The van der Waals surface area contributed by atoms with E-state index in [0.717, 1.165) is 12.0 Å². The highest BCUT2D eigenvalue weighted by Gasteiger charge is 2.27. The molecule has 1 fully saturated rings. The van der Waals surface area contributed by atoms with Crippen molar-refractivity contribution in [2.45, 2.75) is 32.9 Å². The molecule has 0 radical (unpaired) electrons. The monoisotopic (exact) mass is 418 g/mol. The number of benzene rings is 2. The lowest BCUT2D eigenvalue weighted by molar-refractivity contribution is 0.318. The van der Waals surface area contributed by atoms with Gasteiger partial charge in [-0.15, -0.1) is 0 Å². The predicted octanol–water partition coefficient (Wildman–Crippen LogP) is 3.40.